The lowest BCUT2D eigenvalue weighted by atomic mass is 10.1. The van der Waals surface area contributed by atoms with Crippen molar-refractivity contribution in [2.24, 2.45) is 0 Å². The summed E-state index contributed by atoms with van der Waals surface area (Å²) in [7, 11) is 1.55. The number of hydrogen-bond donors (Lipinski definition) is 1. The van der Waals surface area contributed by atoms with Crippen molar-refractivity contribution in [1.29, 1.82) is 0 Å². The number of benzene rings is 2. The second kappa shape index (κ2) is 8.43. The van der Waals surface area contributed by atoms with Crippen molar-refractivity contribution in [2.75, 3.05) is 23.9 Å². The maximum absolute atomic E-state index is 13.7. The predicted octanol–water partition coefficient (Wildman–Crippen LogP) is 3.55. The van der Waals surface area contributed by atoms with Gasteiger partial charge in [-0.15, -0.1) is 11.8 Å². The molecule has 1 N–H and O–H groups in total. The molecule has 0 aliphatic carbocycles. The van der Waals surface area contributed by atoms with Crippen LogP contribution in [0.3, 0.4) is 0 Å². The van der Waals surface area contributed by atoms with Crippen LogP contribution in [-0.2, 0) is 9.59 Å². The Hall–Kier alpha value is -3.33. The number of carbonyl (C=O) groups excluding carboxylic acids is 3. The Morgan fingerprint density at radius 2 is 1.94 bits per heavy atom. The van der Waals surface area contributed by atoms with Crippen LogP contribution in [0.4, 0.5) is 20.6 Å². The van der Waals surface area contributed by atoms with E-state index in [2.05, 4.69) is 5.32 Å². The van der Waals surface area contributed by atoms with Crippen molar-refractivity contribution in [1.82, 2.24) is 4.90 Å². The topological polar surface area (TPSA) is 79.0 Å². The van der Waals surface area contributed by atoms with E-state index in [4.69, 9.17) is 4.74 Å². The maximum Gasteiger partial charge on any atom is 0.332 e. The van der Waals surface area contributed by atoms with Crippen LogP contribution in [0.2, 0.25) is 0 Å². The average Bonchev–Trinajstić information content (AvgIpc) is 3.24. The fourth-order valence-corrected chi connectivity index (χ4v) is 4.59. The summed E-state index contributed by atoms with van der Waals surface area (Å²) in [6, 6.07) is 9.74. The molecule has 0 aromatic heterocycles. The van der Waals surface area contributed by atoms with E-state index in [1.165, 1.54) is 34.9 Å². The summed E-state index contributed by atoms with van der Waals surface area (Å²) in [4.78, 5) is 41.3. The number of fused-ring (bicyclic) bond motifs is 1. The highest BCUT2D eigenvalue weighted by atomic mass is 32.2. The lowest BCUT2D eigenvalue weighted by molar-refractivity contribution is -0.121. The Kier molecular flexibility index (Phi) is 5.69. The van der Waals surface area contributed by atoms with Crippen LogP contribution in [0.25, 0.3) is 0 Å². The molecule has 1 saturated heterocycles. The number of urea groups is 1. The molecular weight excluding hydrogens is 421 g/mol. The van der Waals surface area contributed by atoms with Crippen LogP contribution in [0, 0.1) is 12.7 Å². The molecule has 160 valence electrons. The number of carbonyl (C=O) groups is 3. The summed E-state index contributed by atoms with van der Waals surface area (Å²) in [6.45, 7) is 1.33. The van der Waals surface area contributed by atoms with E-state index in [1.807, 2.05) is 0 Å². The number of nitrogens with zero attached hydrogens (tertiary/aromatic N) is 2. The molecule has 2 atom stereocenters. The number of amides is 4. The number of hydrogen-bond acceptors (Lipinski definition) is 5. The number of ether oxygens (including phenoxy) is 1. The Morgan fingerprint density at radius 1 is 1.19 bits per heavy atom. The molecule has 4 rings (SSSR count). The van der Waals surface area contributed by atoms with Gasteiger partial charge in [0.05, 0.1) is 18.8 Å². The number of imide groups is 1. The van der Waals surface area contributed by atoms with E-state index >= 15 is 0 Å². The highest BCUT2D eigenvalue weighted by molar-refractivity contribution is 8.03. The second-order valence-electron chi connectivity index (χ2n) is 7.17. The summed E-state index contributed by atoms with van der Waals surface area (Å²) in [6.07, 6.45) is 1.75. The monoisotopic (exact) mass is 441 g/mol. The van der Waals surface area contributed by atoms with Gasteiger partial charge in [-0.05, 0) is 60.4 Å². The third kappa shape index (κ3) is 4.00. The number of anilines is 2. The number of thioether (sulfide) groups is 1. The predicted molar refractivity (Wildman–Crippen MR) is 117 cm³/mol. The third-order valence-electron chi connectivity index (χ3n) is 5.16. The molecule has 1 fully saturated rings. The first kappa shape index (κ1) is 20.9. The van der Waals surface area contributed by atoms with Gasteiger partial charge in [0.25, 0.3) is 5.91 Å². The molecule has 2 unspecified atom stereocenters. The highest BCUT2D eigenvalue weighted by Gasteiger charge is 2.48. The quantitative estimate of drug-likeness (QED) is 0.768. The Bertz CT molecular complexity index is 1070. The highest BCUT2D eigenvalue weighted by Crippen LogP contribution is 2.36. The summed E-state index contributed by atoms with van der Waals surface area (Å²) >= 11 is 1.30. The zero-order valence-electron chi connectivity index (χ0n) is 16.9. The van der Waals surface area contributed by atoms with Gasteiger partial charge in [-0.1, -0.05) is 6.08 Å². The van der Waals surface area contributed by atoms with Crippen LogP contribution in [0.5, 0.6) is 5.75 Å². The van der Waals surface area contributed by atoms with Gasteiger partial charge in [-0.2, -0.15) is 0 Å². The number of rotatable bonds is 5. The number of methoxy groups -OCH3 is 1. The molecule has 2 aliphatic rings. The molecule has 0 spiro atoms. The summed E-state index contributed by atoms with van der Waals surface area (Å²) in [5, 5.41) is 3.95. The molecule has 2 aliphatic heterocycles. The van der Waals surface area contributed by atoms with Crippen molar-refractivity contribution >= 4 is 41.0 Å². The average molecular weight is 441 g/mol. The van der Waals surface area contributed by atoms with Crippen molar-refractivity contribution < 1.29 is 23.5 Å². The fraction of sp³-hybridized carbons (Fsp3) is 0.227. The van der Waals surface area contributed by atoms with E-state index in [9.17, 15) is 18.8 Å². The van der Waals surface area contributed by atoms with Gasteiger partial charge in [0.2, 0.25) is 5.91 Å². The normalized spacial score (nSPS) is 20.1. The molecule has 0 saturated carbocycles. The molecule has 31 heavy (non-hydrogen) atoms. The summed E-state index contributed by atoms with van der Waals surface area (Å²) in [5.41, 5.74) is 1.16. The standard InChI is InChI=1S/C22H20FN3O4S/c1-13-11-15(5-8-17(13)23)26-21(28)20-18(9-10-31-20)25(22(26)29)12-19(27)24-14-3-6-16(30-2)7-4-14/h3-11,18,20H,12H2,1-2H3,(H,24,27). The van der Waals surface area contributed by atoms with Crippen LogP contribution < -0.4 is 15.0 Å². The Morgan fingerprint density at radius 3 is 2.61 bits per heavy atom. The van der Waals surface area contributed by atoms with Gasteiger partial charge >= 0.3 is 6.03 Å². The van der Waals surface area contributed by atoms with Crippen LogP contribution in [0.15, 0.2) is 53.9 Å². The minimum atomic E-state index is -0.616. The number of nitrogens with one attached hydrogen (secondary N) is 1. The van der Waals surface area contributed by atoms with Crippen molar-refractivity contribution in [3.8, 4) is 5.75 Å². The van der Waals surface area contributed by atoms with Crippen LogP contribution >= 0.6 is 11.8 Å². The zero-order valence-corrected chi connectivity index (χ0v) is 17.7. The summed E-state index contributed by atoms with van der Waals surface area (Å²) in [5.74, 6) is -0.551. The second-order valence-corrected chi connectivity index (χ2v) is 8.22. The fourth-order valence-electron chi connectivity index (χ4n) is 3.55. The van der Waals surface area contributed by atoms with Crippen molar-refractivity contribution in [2.45, 2.75) is 18.2 Å². The molecule has 9 heteroatoms. The minimum Gasteiger partial charge on any atom is -0.497 e. The molecule has 7 nitrogen and oxygen atoms in total. The van der Waals surface area contributed by atoms with E-state index in [0.29, 0.717) is 17.0 Å². The molecule has 2 aromatic carbocycles. The van der Waals surface area contributed by atoms with Gasteiger partial charge in [0.1, 0.15) is 23.4 Å². The van der Waals surface area contributed by atoms with Crippen molar-refractivity contribution in [3.05, 3.63) is 65.3 Å². The SMILES string of the molecule is COc1ccc(NC(=O)CN2C(=O)N(c3ccc(F)c(C)c3)C(=O)C3SC=CC32)cc1. The third-order valence-corrected chi connectivity index (χ3v) is 6.25. The molecular formula is C22H20FN3O4S. The molecule has 2 aromatic rings. The van der Waals surface area contributed by atoms with E-state index < -0.39 is 29.0 Å². The Balaban J connectivity index is 1.57. The summed E-state index contributed by atoms with van der Waals surface area (Å²) < 4.78 is 18.8. The van der Waals surface area contributed by atoms with E-state index in [0.717, 1.165) is 4.90 Å². The Labute approximate surface area is 182 Å². The first-order valence-corrected chi connectivity index (χ1v) is 10.5. The van der Waals surface area contributed by atoms with Gasteiger partial charge in [0.15, 0.2) is 0 Å². The molecule has 0 bridgehead atoms. The van der Waals surface area contributed by atoms with Gasteiger partial charge in [-0.3, -0.25) is 9.59 Å². The lowest BCUT2D eigenvalue weighted by Gasteiger charge is -2.40. The molecule has 4 amide bonds. The zero-order chi connectivity index (χ0) is 22.1. The smallest absolute Gasteiger partial charge is 0.332 e. The van der Waals surface area contributed by atoms with Crippen LogP contribution in [0.1, 0.15) is 5.56 Å². The number of halogens is 1. The lowest BCUT2D eigenvalue weighted by Crippen LogP contribution is -2.63. The van der Waals surface area contributed by atoms with Crippen molar-refractivity contribution in [3.63, 3.8) is 0 Å². The first-order valence-electron chi connectivity index (χ1n) is 9.56. The minimum absolute atomic E-state index is 0.235. The molecule has 2 heterocycles. The van der Waals surface area contributed by atoms with Gasteiger partial charge < -0.3 is 15.0 Å². The van der Waals surface area contributed by atoms with E-state index in [-0.39, 0.29) is 18.1 Å². The van der Waals surface area contributed by atoms with Gasteiger partial charge in [-0.25, -0.2) is 14.1 Å². The van der Waals surface area contributed by atoms with E-state index in [1.54, 1.807) is 49.8 Å². The first-order chi connectivity index (χ1) is 14.9. The van der Waals surface area contributed by atoms with Crippen LogP contribution in [-0.4, -0.2) is 47.7 Å². The largest absolute Gasteiger partial charge is 0.497 e. The van der Waals surface area contributed by atoms with Gasteiger partial charge in [0, 0.05) is 5.69 Å². The number of aryl methyl sites for hydroxylation is 1. The molecule has 0 radical (unpaired) electrons. The maximum atomic E-state index is 13.7.